The maximum Gasteiger partial charge on any atom is 0.137 e. The first-order valence-corrected chi connectivity index (χ1v) is 6.66. The van der Waals surface area contributed by atoms with E-state index in [2.05, 4.69) is 11.1 Å². The molecule has 0 aliphatic carbocycles. The van der Waals surface area contributed by atoms with Crippen molar-refractivity contribution in [1.29, 1.82) is 5.26 Å². The summed E-state index contributed by atoms with van der Waals surface area (Å²) in [6, 6.07) is 17.2. The highest BCUT2D eigenvalue weighted by atomic mass is 19.1. The SMILES string of the molecule is N#CC(=Cc1ccc(-c2ccccc2F)o1)c1ccccn1. The van der Waals surface area contributed by atoms with Crippen LogP contribution >= 0.6 is 0 Å². The number of aromatic nitrogens is 1. The lowest BCUT2D eigenvalue weighted by atomic mass is 10.1. The Kier molecular flexibility index (Phi) is 3.80. The second kappa shape index (κ2) is 6.06. The highest BCUT2D eigenvalue weighted by molar-refractivity contribution is 5.87. The molecule has 3 aromatic rings. The molecule has 2 heterocycles. The van der Waals surface area contributed by atoms with Gasteiger partial charge < -0.3 is 4.42 Å². The molecule has 4 heteroatoms. The van der Waals surface area contributed by atoms with Gasteiger partial charge in [0, 0.05) is 12.3 Å². The summed E-state index contributed by atoms with van der Waals surface area (Å²) in [6.07, 6.45) is 3.21. The maximum absolute atomic E-state index is 13.7. The molecule has 0 unspecified atom stereocenters. The van der Waals surface area contributed by atoms with Gasteiger partial charge in [-0.3, -0.25) is 4.98 Å². The number of hydrogen-bond acceptors (Lipinski definition) is 3. The Bertz CT molecular complexity index is 860. The van der Waals surface area contributed by atoms with Crippen LogP contribution in [0.2, 0.25) is 0 Å². The van der Waals surface area contributed by atoms with Crippen molar-refractivity contribution in [3.8, 4) is 17.4 Å². The highest BCUT2D eigenvalue weighted by Crippen LogP contribution is 2.26. The van der Waals surface area contributed by atoms with E-state index >= 15 is 0 Å². The van der Waals surface area contributed by atoms with E-state index in [0.717, 1.165) is 0 Å². The maximum atomic E-state index is 13.7. The van der Waals surface area contributed by atoms with Crippen molar-refractivity contribution >= 4 is 11.6 Å². The molecule has 0 amide bonds. The number of pyridine rings is 1. The van der Waals surface area contributed by atoms with Crippen molar-refractivity contribution in [3.63, 3.8) is 0 Å². The average Bonchev–Trinajstić information content (AvgIpc) is 3.02. The Labute approximate surface area is 127 Å². The molecule has 3 rings (SSSR count). The van der Waals surface area contributed by atoms with Crippen molar-refractivity contribution in [3.05, 3.63) is 78.1 Å². The van der Waals surface area contributed by atoms with E-state index in [1.54, 1.807) is 60.8 Å². The minimum atomic E-state index is -0.349. The van der Waals surface area contributed by atoms with Crippen LogP contribution in [0.5, 0.6) is 0 Å². The fraction of sp³-hybridized carbons (Fsp3) is 0. The Morgan fingerprint density at radius 2 is 1.91 bits per heavy atom. The largest absolute Gasteiger partial charge is 0.457 e. The minimum absolute atomic E-state index is 0.349. The summed E-state index contributed by atoms with van der Waals surface area (Å²) in [5.41, 5.74) is 1.34. The normalized spacial score (nSPS) is 11.2. The second-order valence-corrected chi connectivity index (χ2v) is 4.57. The number of nitrogens with zero attached hydrogens (tertiary/aromatic N) is 2. The van der Waals surface area contributed by atoms with Gasteiger partial charge in [0.15, 0.2) is 0 Å². The predicted octanol–water partition coefficient (Wildman–Crippen LogP) is 4.54. The predicted molar refractivity (Wildman–Crippen MR) is 81.8 cm³/mol. The number of furan rings is 1. The summed E-state index contributed by atoms with van der Waals surface area (Å²) in [7, 11) is 0. The molecule has 0 saturated carbocycles. The molecule has 3 nitrogen and oxygen atoms in total. The van der Waals surface area contributed by atoms with E-state index in [0.29, 0.717) is 28.4 Å². The van der Waals surface area contributed by atoms with Gasteiger partial charge in [-0.15, -0.1) is 0 Å². The van der Waals surface area contributed by atoms with E-state index in [-0.39, 0.29) is 5.82 Å². The number of allylic oxidation sites excluding steroid dienone is 1. The summed E-state index contributed by atoms with van der Waals surface area (Å²) in [5, 5.41) is 9.25. The fourth-order valence-electron chi connectivity index (χ4n) is 2.06. The first kappa shape index (κ1) is 13.8. The van der Waals surface area contributed by atoms with Gasteiger partial charge in [0.05, 0.1) is 16.8 Å². The lowest BCUT2D eigenvalue weighted by molar-refractivity contribution is 0.561. The molecule has 106 valence electrons. The van der Waals surface area contributed by atoms with Crippen LogP contribution in [0.1, 0.15) is 11.5 Å². The third kappa shape index (κ3) is 2.79. The van der Waals surface area contributed by atoms with Gasteiger partial charge >= 0.3 is 0 Å². The van der Waals surface area contributed by atoms with Crippen molar-refractivity contribution in [1.82, 2.24) is 4.98 Å². The summed E-state index contributed by atoms with van der Waals surface area (Å²) in [5.74, 6) is 0.542. The minimum Gasteiger partial charge on any atom is -0.457 e. The van der Waals surface area contributed by atoms with Gasteiger partial charge in [-0.1, -0.05) is 18.2 Å². The molecular weight excluding hydrogens is 279 g/mol. The van der Waals surface area contributed by atoms with Crippen LogP contribution in [0.15, 0.2) is 65.2 Å². The molecule has 0 aliphatic rings. The average molecular weight is 290 g/mol. The van der Waals surface area contributed by atoms with Gasteiger partial charge in [-0.05, 0) is 36.4 Å². The van der Waals surface area contributed by atoms with Crippen molar-refractivity contribution in [2.24, 2.45) is 0 Å². The summed E-state index contributed by atoms with van der Waals surface area (Å²) < 4.78 is 19.3. The van der Waals surface area contributed by atoms with Gasteiger partial charge in [0.1, 0.15) is 23.4 Å². The Morgan fingerprint density at radius 1 is 1.09 bits per heavy atom. The summed E-state index contributed by atoms with van der Waals surface area (Å²) >= 11 is 0. The molecule has 0 N–H and O–H groups in total. The third-order valence-electron chi connectivity index (χ3n) is 3.11. The van der Waals surface area contributed by atoms with Gasteiger partial charge in [-0.25, -0.2) is 4.39 Å². The van der Waals surface area contributed by atoms with E-state index in [9.17, 15) is 9.65 Å². The molecule has 0 radical (unpaired) electrons. The number of benzene rings is 1. The molecule has 0 saturated heterocycles. The van der Waals surface area contributed by atoms with Crippen molar-refractivity contribution in [2.75, 3.05) is 0 Å². The van der Waals surface area contributed by atoms with Gasteiger partial charge in [0.2, 0.25) is 0 Å². The molecule has 0 atom stereocenters. The zero-order valence-corrected chi connectivity index (χ0v) is 11.5. The van der Waals surface area contributed by atoms with Crippen LogP contribution < -0.4 is 0 Å². The standard InChI is InChI=1S/C18H11FN2O/c19-16-6-2-1-5-15(16)18-9-8-14(22-18)11-13(12-20)17-7-3-4-10-21-17/h1-11H. The Balaban J connectivity index is 1.96. The number of hydrogen-bond donors (Lipinski definition) is 0. The highest BCUT2D eigenvalue weighted by Gasteiger charge is 2.09. The lowest BCUT2D eigenvalue weighted by Crippen LogP contribution is -1.85. The van der Waals surface area contributed by atoms with Crippen LogP contribution in [0.4, 0.5) is 4.39 Å². The first-order valence-electron chi connectivity index (χ1n) is 6.66. The van der Waals surface area contributed by atoms with Gasteiger partial charge in [-0.2, -0.15) is 5.26 Å². The Morgan fingerprint density at radius 3 is 2.64 bits per heavy atom. The van der Waals surface area contributed by atoms with E-state index < -0.39 is 0 Å². The molecule has 0 bridgehead atoms. The molecule has 0 aliphatic heterocycles. The quantitative estimate of drug-likeness (QED) is 0.665. The molecular formula is C18H11FN2O. The lowest BCUT2D eigenvalue weighted by Gasteiger charge is -1.98. The molecule has 2 aromatic heterocycles. The van der Waals surface area contributed by atoms with E-state index in [4.69, 9.17) is 4.42 Å². The van der Waals surface area contributed by atoms with Crippen molar-refractivity contribution < 1.29 is 8.81 Å². The molecule has 22 heavy (non-hydrogen) atoms. The smallest absolute Gasteiger partial charge is 0.137 e. The Hall–Kier alpha value is -3.19. The van der Waals surface area contributed by atoms with Gasteiger partial charge in [0.25, 0.3) is 0 Å². The molecule has 0 fully saturated rings. The molecule has 0 spiro atoms. The monoisotopic (exact) mass is 290 g/mol. The van der Waals surface area contributed by atoms with Crippen LogP contribution in [-0.2, 0) is 0 Å². The van der Waals surface area contributed by atoms with Crippen LogP contribution in [-0.4, -0.2) is 4.98 Å². The van der Waals surface area contributed by atoms with Crippen LogP contribution in [0, 0.1) is 17.1 Å². The molecule has 1 aromatic carbocycles. The fourth-order valence-corrected chi connectivity index (χ4v) is 2.06. The summed E-state index contributed by atoms with van der Waals surface area (Å²) in [6.45, 7) is 0. The zero-order valence-electron chi connectivity index (χ0n) is 11.5. The van der Waals surface area contributed by atoms with E-state index in [1.807, 2.05) is 0 Å². The number of rotatable bonds is 3. The topological polar surface area (TPSA) is 49.8 Å². The number of nitriles is 1. The second-order valence-electron chi connectivity index (χ2n) is 4.57. The number of halogens is 1. The zero-order chi connectivity index (χ0) is 15.4. The summed E-state index contributed by atoms with van der Waals surface area (Å²) in [4.78, 5) is 4.13. The van der Waals surface area contributed by atoms with Crippen LogP contribution in [0.25, 0.3) is 23.0 Å². The van der Waals surface area contributed by atoms with E-state index in [1.165, 1.54) is 6.07 Å². The first-order chi connectivity index (χ1) is 10.8. The van der Waals surface area contributed by atoms with Crippen molar-refractivity contribution in [2.45, 2.75) is 0 Å². The third-order valence-corrected chi connectivity index (χ3v) is 3.11. The van der Waals surface area contributed by atoms with Crippen LogP contribution in [0.3, 0.4) is 0 Å².